The minimum Gasteiger partial charge on any atom is -0.493 e. The molecular formula is C17H22ClN3O4. The minimum absolute atomic E-state index is 0. The SMILES string of the molecule is CNC(C)Cc1noc(/C=C/c2cc(OC)c3c(c2)OCCO3)n1.Cl. The lowest BCUT2D eigenvalue weighted by atomic mass is 10.1. The number of fused-ring (bicyclic) bond motifs is 1. The predicted molar refractivity (Wildman–Crippen MR) is 96.7 cm³/mol. The molecule has 1 aliphatic heterocycles. The maximum atomic E-state index is 5.62. The molecule has 0 fully saturated rings. The number of nitrogens with one attached hydrogen (secondary N) is 1. The Balaban J connectivity index is 0.00000225. The van der Waals surface area contributed by atoms with Gasteiger partial charge >= 0.3 is 0 Å². The van der Waals surface area contributed by atoms with E-state index in [4.69, 9.17) is 18.7 Å². The molecule has 1 aromatic carbocycles. The average Bonchev–Trinajstić information content (AvgIpc) is 3.06. The summed E-state index contributed by atoms with van der Waals surface area (Å²) in [6.45, 7) is 3.11. The molecule has 8 heteroatoms. The summed E-state index contributed by atoms with van der Waals surface area (Å²) < 4.78 is 21.8. The van der Waals surface area contributed by atoms with Crippen molar-refractivity contribution in [2.24, 2.45) is 0 Å². The molecule has 1 aliphatic rings. The van der Waals surface area contributed by atoms with Crippen LogP contribution in [0.1, 0.15) is 24.2 Å². The van der Waals surface area contributed by atoms with Crippen LogP contribution in [-0.2, 0) is 6.42 Å². The first-order valence-electron chi connectivity index (χ1n) is 7.85. The summed E-state index contributed by atoms with van der Waals surface area (Å²) in [5, 5.41) is 7.12. The Hall–Kier alpha value is -2.25. The first-order valence-corrected chi connectivity index (χ1v) is 7.85. The molecule has 0 amide bonds. The zero-order valence-corrected chi connectivity index (χ0v) is 15.3. The normalized spacial score (nSPS) is 14.2. The highest BCUT2D eigenvalue weighted by molar-refractivity contribution is 5.85. The van der Waals surface area contributed by atoms with Crippen LogP contribution < -0.4 is 19.5 Å². The molecule has 1 unspecified atom stereocenters. The van der Waals surface area contributed by atoms with Crippen molar-refractivity contribution < 1.29 is 18.7 Å². The second-order valence-corrected chi connectivity index (χ2v) is 5.52. The summed E-state index contributed by atoms with van der Waals surface area (Å²) in [6.07, 6.45) is 4.36. The molecule has 0 spiro atoms. The van der Waals surface area contributed by atoms with Gasteiger partial charge in [0.15, 0.2) is 17.3 Å². The Morgan fingerprint density at radius 1 is 1.28 bits per heavy atom. The first kappa shape index (κ1) is 19.1. The van der Waals surface area contributed by atoms with Crippen LogP contribution in [0, 0.1) is 0 Å². The van der Waals surface area contributed by atoms with Gasteiger partial charge in [-0.1, -0.05) is 5.16 Å². The molecule has 0 saturated carbocycles. The van der Waals surface area contributed by atoms with Crippen LogP contribution >= 0.6 is 12.4 Å². The number of halogens is 1. The number of rotatable bonds is 6. The van der Waals surface area contributed by atoms with Crippen molar-refractivity contribution in [1.29, 1.82) is 0 Å². The molecule has 1 N–H and O–H groups in total. The highest BCUT2D eigenvalue weighted by Gasteiger charge is 2.17. The lowest BCUT2D eigenvalue weighted by molar-refractivity contribution is 0.165. The number of benzene rings is 1. The van der Waals surface area contributed by atoms with E-state index in [1.807, 2.05) is 25.3 Å². The Bertz CT molecular complexity index is 715. The fourth-order valence-corrected chi connectivity index (χ4v) is 2.35. The lowest BCUT2D eigenvalue weighted by Gasteiger charge is -2.20. The quantitative estimate of drug-likeness (QED) is 0.840. The predicted octanol–water partition coefficient (Wildman–Crippen LogP) is 2.59. The number of nitrogens with zero attached hydrogens (tertiary/aromatic N) is 2. The second kappa shape index (κ2) is 8.73. The van der Waals surface area contributed by atoms with Crippen molar-refractivity contribution in [2.45, 2.75) is 19.4 Å². The van der Waals surface area contributed by atoms with Crippen LogP contribution in [0.15, 0.2) is 16.7 Å². The molecule has 0 aliphatic carbocycles. The summed E-state index contributed by atoms with van der Waals surface area (Å²) in [5.41, 5.74) is 0.902. The fourth-order valence-electron chi connectivity index (χ4n) is 2.35. The Morgan fingerprint density at radius 3 is 2.84 bits per heavy atom. The summed E-state index contributed by atoms with van der Waals surface area (Å²) in [6, 6.07) is 4.07. The largest absolute Gasteiger partial charge is 0.493 e. The van der Waals surface area contributed by atoms with Gasteiger partial charge in [0.05, 0.1) is 7.11 Å². The maximum Gasteiger partial charge on any atom is 0.250 e. The topological polar surface area (TPSA) is 78.6 Å². The van der Waals surface area contributed by atoms with E-state index in [0.717, 1.165) is 5.56 Å². The van der Waals surface area contributed by atoms with Gasteiger partial charge in [0.2, 0.25) is 5.75 Å². The smallest absolute Gasteiger partial charge is 0.250 e. The highest BCUT2D eigenvalue weighted by atomic mass is 35.5. The molecule has 1 aromatic heterocycles. The first-order chi connectivity index (χ1) is 11.7. The maximum absolute atomic E-state index is 5.62. The van der Waals surface area contributed by atoms with Gasteiger partial charge in [-0.2, -0.15) is 4.98 Å². The van der Waals surface area contributed by atoms with Gasteiger partial charge in [-0.25, -0.2) is 0 Å². The number of hydrogen-bond acceptors (Lipinski definition) is 7. The molecule has 2 heterocycles. The zero-order valence-electron chi connectivity index (χ0n) is 14.4. The van der Waals surface area contributed by atoms with Gasteiger partial charge in [-0.05, 0) is 37.7 Å². The molecular weight excluding hydrogens is 346 g/mol. The van der Waals surface area contributed by atoms with Crippen molar-refractivity contribution in [1.82, 2.24) is 15.5 Å². The second-order valence-electron chi connectivity index (χ2n) is 5.52. The van der Waals surface area contributed by atoms with Crippen LogP contribution in [-0.4, -0.2) is 43.6 Å². The number of ether oxygens (including phenoxy) is 3. The van der Waals surface area contributed by atoms with E-state index < -0.39 is 0 Å². The molecule has 2 aromatic rings. The minimum atomic E-state index is 0. The molecule has 1 atom stereocenters. The van der Waals surface area contributed by atoms with Crippen molar-refractivity contribution in [3.05, 3.63) is 29.4 Å². The van der Waals surface area contributed by atoms with Gasteiger partial charge in [0, 0.05) is 18.5 Å². The number of hydrogen-bond donors (Lipinski definition) is 1. The fraction of sp³-hybridized carbons (Fsp3) is 0.412. The molecule has 7 nitrogen and oxygen atoms in total. The summed E-state index contributed by atoms with van der Waals surface area (Å²) in [5.74, 6) is 3.09. The van der Waals surface area contributed by atoms with Gasteiger partial charge in [-0.3, -0.25) is 0 Å². The molecule has 0 saturated heterocycles. The van der Waals surface area contributed by atoms with Gasteiger partial charge in [0.1, 0.15) is 13.2 Å². The molecule has 136 valence electrons. The van der Waals surface area contributed by atoms with Crippen LogP contribution in [0.25, 0.3) is 12.2 Å². The summed E-state index contributed by atoms with van der Waals surface area (Å²) in [4.78, 5) is 4.35. The monoisotopic (exact) mass is 367 g/mol. The summed E-state index contributed by atoms with van der Waals surface area (Å²) in [7, 11) is 3.51. The molecule has 0 radical (unpaired) electrons. The lowest BCUT2D eigenvalue weighted by Crippen LogP contribution is -2.24. The standard InChI is InChI=1S/C17H21N3O4.ClH/c1-11(18-2)8-15-19-16(24-20-15)5-4-12-9-13(21-3)17-14(10-12)22-6-7-23-17;/h4-5,9-11,18H,6-8H2,1-3H3;1H/b5-4+;. The van der Waals surface area contributed by atoms with E-state index in [1.165, 1.54) is 0 Å². The third kappa shape index (κ3) is 4.64. The van der Waals surface area contributed by atoms with Crippen molar-refractivity contribution >= 4 is 24.6 Å². The Kier molecular flexibility index (Phi) is 6.66. The van der Waals surface area contributed by atoms with Crippen molar-refractivity contribution in [3.8, 4) is 17.2 Å². The van der Waals surface area contributed by atoms with Crippen molar-refractivity contribution in [3.63, 3.8) is 0 Å². The van der Waals surface area contributed by atoms with E-state index in [2.05, 4.69) is 22.4 Å². The molecule has 3 rings (SSSR count). The van der Waals surface area contributed by atoms with Gasteiger partial charge < -0.3 is 24.1 Å². The number of aromatic nitrogens is 2. The summed E-state index contributed by atoms with van der Waals surface area (Å²) >= 11 is 0. The molecule has 0 bridgehead atoms. The van der Waals surface area contributed by atoms with Crippen LogP contribution in [0.4, 0.5) is 0 Å². The van der Waals surface area contributed by atoms with E-state index in [9.17, 15) is 0 Å². The van der Waals surface area contributed by atoms with Crippen LogP contribution in [0.3, 0.4) is 0 Å². The zero-order chi connectivity index (χ0) is 16.9. The third-order valence-electron chi connectivity index (χ3n) is 3.73. The Labute approximate surface area is 152 Å². The van der Waals surface area contributed by atoms with Crippen molar-refractivity contribution in [2.75, 3.05) is 27.4 Å². The van der Waals surface area contributed by atoms with Crippen LogP contribution in [0.2, 0.25) is 0 Å². The third-order valence-corrected chi connectivity index (χ3v) is 3.73. The highest BCUT2D eigenvalue weighted by Crippen LogP contribution is 2.40. The van der Waals surface area contributed by atoms with E-state index in [-0.39, 0.29) is 12.4 Å². The van der Waals surface area contributed by atoms with E-state index in [0.29, 0.717) is 54.6 Å². The van der Waals surface area contributed by atoms with E-state index in [1.54, 1.807) is 13.2 Å². The van der Waals surface area contributed by atoms with Gasteiger partial charge in [-0.15, -0.1) is 12.4 Å². The van der Waals surface area contributed by atoms with E-state index >= 15 is 0 Å². The number of likely N-dealkylation sites (N-methyl/N-ethyl adjacent to an activating group) is 1. The molecule has 25 heavy (non-hydrogen) atoms. The number of methoxy groups -OCH3 is 1. The van der Waals surface area contributed by atoms with Gasteiger partial charge in [0.25, 0.3) is 5.89 Å². The average molecular weight is 368 g/mol. The Morgan fingerprint density at radius 2 is 2.08 bits per heavy atom. The van der Waals surface area contributed by atoms with Crippen LogP contribution in [0.5, 0.6) is 17.2 Å².